The monoisotopic (exact) mass is 1190 g/mol. The molecule has 88 heavy (non-hydrogen) atoms. The highest BCUT2D eigenvalue weighted by Gasteiger charge is 2.31. The maximum atomic E-state index is 12.8. The van der Waals surface area contributed by atoms with Crippen molar-refractivity contribution in [3.8, 4) is 24.3 Å². The number of aliphatic hydroxyl groups excluding tert-OH is 1. The zero-order valence-electron chi connectivity index (χ0n) is 48.6. The van der Waals surface area contributed by atoms with Crippen molar-refractivity contribution < 1.29 is 63.4 Å². The third kappa shape index (κ3) is 18.1. The smallest absolute Gasteiger partial charge is 0.412 e. The molecule has 4 aliphatic rings. The van der Waals surface area contributed by atoms with E-state index in [9.17, 15) is 33.9 Å². The van der Waals surface area contributed by atoms with Gasteiger partial charge in [-0.2, -0.15) is 21.0 Å². The standard InChI is InChI=1S/C25H26N2O4.C23H22N2O4.C10H10N2O2.C10H9NO3/c1-2-30-24(28)22(13-16-9-11-17(15-26)12-10-16)31-25(29)27-23-20-7-3-5-18(20)14-19-6-4-8-21(19)23;24-13-15-9-7-14(8-10-15)11-20(22(26)27)29-23(28)25-21-18-5-1-3-16(18)12-17-4-2-6-19(17)21;2*11-6-8-3-1-7(2-4-8)5-9(12)10(13)14/h9-12,14,22H,2-8,13H2,1H3,(H,27,29);7-10,12,20H,1-6,11H2,(H,25,28)(H,26,27);1-4,9H,5,12H2,(H,13,14);1-4,9,12H,5H2,(H,13,14)/t22-;20-;2*9-/m1111/s1. The number of aryl methyl sites for hydroxylation is 4. The SMILES string of the molecule is CCOC(=O)[C@@H](Cc1ccc(C#N)cc1)OC(=O)Nc1c2c(cc3c1CCC3)CCC2.N#Cc1ccc(C[C@@H](N)C(=O)O)cc1.N#Cc1ccc(C[C@@H](O)C(=O)O)cc1.N#Cc1ccc(C[C@@H](OC(=O)Nc2c3c(cc4c2CCC4)CCC3)C(=O)O)cc1. The summed E-state index contributed by atoms with van der Waals surface area (Å²) in [7, 11) is 0. The molecule has 6 aromatic carbocycles. The second-order valence-electron chi connectivity index (χ2n) is 21.4. The summed E-state index contributed by atoms with van der Waals surface area (Å²) in [4.78, 5) is 70.3. The van der Waals surface area contributed by atoms with Crippen LogP contribution >= 0.6 is 0 Å². The van der Waals surface area contributed by atoms with Crippen molar-refractivity contribution in [3.63, 3.8) is 0 Å². The van der Waals surface area contributed by atoms with Gasteiger partial charge in [0.2, 0.25) is 12.2 Å². The fourth-order valence-corrected chi connectivity index (χ4v) is 11.0. The number of aliphatic hydroxyl groups is 1. The number of carbonyl (C=O) groups excluding carboxylic acids is 3. The fraction of sp³-hybridized carbons (Fsp3) is 0.324. The van der Waals surface area contributed by atoms with Gasteiger partial charge in [-0.05, 0) is 206 Å². The molecule has 0 spiro atoms. The number of hydrogen-bond donors (Lipinski definition) is 7. The van der Waals surface area contributed by atoms with E-state index in [4.69, 9.17) is 56.3 Å². The van der Waals surface area contributed by atoms with Crippen LogP contribution in [0.1, 0.15) is 122 Å². The van der Waals surface area contributed by atoms with E-state index in [1.165, 1.54) is 44.5 Å². The molecule has 4 atom stereocenters. The minimum atomic E-state index is -1.39. The number of carbonyl (C=O) groups is 6. The number of amides is 2. The van der Waals surface area contributed by atoms with Crippen LogP contribution in [0.25, 0.3) is 0 Å². The van der Waals surface area contributed by atoms with Gasteiger partial charge in [-0.15, -0.1) is 0 Å². The van der Waals surface area contributed by atoms with E-state index in [0.717, 1.165) is 99.6 Å². The summed E-state index contributed by atoms with van der Waals surface area (Å²) >= 11 is 0. The minimum Gasteiger partial charge on any atom is -0.480 e. The van der Waals surface area contributed by atoms with E-state index in [1.54, 1.807) is 104 Å². The summed E-state index contributed by atoms with van der Waals surface area (Å²) < 4.78 is 16.0. The molecule has 0 bridgehead atoms. The molecule has 0 radical (unpaired) electrons. The largest absolute Gasteiger partial charge is 0.480 e. The van der Waals surface area contributed by atoms with E-state index in [-0.39, 0.29) is 32.3 Å². The van der Waals surface area contributed by atoms with E-state index in [2.05, 4.69) is 28.8 Å². The van der Waals surface area contributed by atoms with Gasteiger partial charge in [-0.25, -0.2) is 24.0 Å². The zero-order chi connectivity index (χ0) is 63.3. The van der Waals surface area contributed by atoms with Crippen molar-refractivity contribution in [2.45, 2.75) is 134 Å². The first-order valence-electron chi connectivity index (χ1n) is 28.9. The van der Waals surface area contributed by atoms with Gasteiger partial charge in [0.1, 0.15) is 6.04 Å². The Kier molecular flexibility index (Phi) is 23.5. The minimum absolute atomic E-state index is 0.0411. The Balaban J connectivity index is 0.000000178. The number of ether oxygens (including phenoxy) is 3. The quantitative estimate of drug-likeness (QED) is 0.0330. The average molecular weight is 1190 g/mol. The summed E-state index contributed by atoms with van der Waals surface area (Å²) in [5.41, 5.74) is 22.1. The molecular weight excluding hydrogens is 1120 g/mol. The molecular formula is C68H67N7O13. The number of aliphatic carboxylic acids is 3. The molecule has 20 nitrogen and oxygen atoms in total. The summed E-state index contributed by atoms with van der Waals surface area (Å²) in [6.07, 6.45) is 7.61. The Morgan fingerprint density at radius 3 is 1.09 bits per heavy atom. The number of fused-ring (bicyclic) bond motifs is 4. The van der Waals surface area contributed by atoms with Crippen LogP contribution in [0.4, 0.5) is 21.0 Å². The van der Waals surface area contributed by atoms with Crippen LogP contribution in [0.2, 0.25) is 0 Å². The van der Waals surface area contributed by atoms with Crippen LogP contribution in [-0.4, -0.2) is 87.5 Å². The number of carboxylic acids is 3. The predicted molar refractivity (Wildman–Crippen MR) is 322 cm³/mol. The van der Waals surface area contributed by atoms with Crippen molar-refractivity contribution in [2.24, 2.45) is 5.73 Å². The molecule has 4 aliphatic carbocycles. The normalized spacial score (nSPS) is 13.9. The van der Waals surface area contributed by atoms with E-state index in [0.29, 0.717) is 33.4 Å². The van der Waals surface area contributed by atoms with Gasteiger partial charge < -0.3 is 40.4 Å². The van der Waals surface area contributed by atoms with Crippen LogP contribution < -0.4 is 16.4 Å². The third-order valence-corrected chi connectivity index (χ3v) is 15.4. The second-order valence-corrected chi connectivity index (χ2v) is 21.4. The fourth-order valence-electron chi connectivity index (χ4n) is 11.0. The van der Waals surface area contributed by atoms with Gasteiger partial charge in [0.15, 0.2) is 6.10 Å². The predicted octanol–water partition coefficient (Wildman–Crippen LogP) is 9.10. The van der Waals surface area contributed by atoms with Crippen LogP contribution in [0.15, 0.2) is 109 Å². The lowest BCUT2D eigenvalue weighted by molar-refractivity contribution is -0.153. The van der Waals surface area contributed by atoms with Gasteiger partial charge >= 0.3 is 36.1 Å². The van der Waals surface area contributed by atoms with Gasteiger partial charge in [0, 0.05) is 19.3 Å². The molecule has 0 aliphatic heterocycles. The van der Waals surface area contributed by atoms with Gasteiger partial charge in [0.25, 0.3) is 0 Å². The number of carboxylic acid groups (broad SMARTS) is 3. The highest BCUT2D eigenvalue weighted by atomic mass is 16.6. The molecule has 0 saturated carbocycles. The first kappa shape index (κ1) is 65.2. The Hall–Kier alpha value is -10.4. The van der Waals surface area contributed by atoms with E-state index < -0.39 is 60.4 Å². The summed E-state index contributed by atoms with van der Waals surface area (Å²) in [6, 6.07) is 38.3. The van der Waals surface area contributed by atoms with E-state index in [1.807, 2.05) is 18.2 Å². The van der Waals surface area contributed by atoms with Crippen LogP contribution in [0.5, 0.6) is 0 Å². The molecule has 0 fully saturated rings. The number of nitriles is 4. The van der Waals surface area contributed by atoms with Crippen LogP contribution in [0, 0.1) is 45.3 Å². The number of benzene rings is 6. The highest BCUT2D eigenvalue weighted by Crippen LogP contribution is 2.40. The number of anilines is 2. The van der Waals surface area contributed by atoms with E-state index >= 15 is 0 Å². The Morgan fingerprint density at radius 2 is 0.784 bits per heavy atom. The van der Waals surface area contributed by atoms with Gasteiger partial charge in [-0.1, -0.05) is 60.7 Å². The molecule has 0 unspecified atom stereocenters. The summed E-state index contributed by atoms with van der Waals surface area (Å²) in [6.45, 7) is 1.92. The highest BCUT2D eigenvalue weighted by molar-refractivity contribution is 5.91. The number of nitrogens with two attached hydrogens (primary N) is 1. The molecule has 6 aromatic rings. The van der Waals surface area contributed by atoms with Crippen molar-refractivity contribution in [2.75, 3.05) is 17.2 Å². The number of esters is 1. The molecule has 2 amide bonds. The van der Waals surface area contributed by atoms with Crippen molar-refractivity contribution in [3.05, 3.63) is 198 Å². The number of nitrogens with one attached hydrogen (secondary N) is 2. The summed E-state index contributed by atoms with van der Waals surface area (Å²) in [5.74, 6) is -4.04. The topological polar surface area (TPSA) is 356 Å². The van der Waals surface area contributed by atoms with Crippen molar-refractivity contribution >= 4 is 47.4 Å². The Morgan fingerprint density at radius 1 is 0.466 bits per heavy atom. The summed E-state index contributed by atoms with van der Waals surface area (Å²) in [5, 5.41) is 76.2. The maximum absolute atomic E-state index is 12.8. The molecule has 452 valence electrons. The lowest BCUT2D eigenvalue weighted by Crippen LogP contribution is -2.33. The molecule has 20 heteroatoms. The lowest BCUT2D eigenvalue weighted by atomic mass is 9.99. The molecule has 0 aromatic heterocycles. The van der Waals surface area contributed by atoms with Gasteiger partial charge in [-0.3, -0.25) is 15.4 Å². The van der Waals surface area contributed by atoms with Crippen molar-refractivity contribution in [1.82, 2.24) is 0 Å². The Labute approximate surface area is 509 Å². The molecule has 8 N–H and O–H groups in total. The first-order valence-corrected chi connectivity index (χ1v) is 28.9. The second kappa shape index (κ2) is 31.7. The molecule has 0 heterocycles. The Bertz CT molecular complexity index is 3550. The maximum Gasteiger partial charge on any atom is 0.412 e. The zero-order valence-corrected chi connectivity index (χ0v) is 48.6. The lowest BCUT2D eigenvalue weighted by Gasteiger charge is -2.19. The first-order chi connectivity index (χ1) is 42.4. The van der Waals surface area contributed by atoms with Gasteiger partial charge in [0.05, 0.1) is 64.5 Å². The number of rotatable bonds is 17. The van der Waals surface area contributed by atoms with Crippen LogP contribution in [0.3, 0.4) is 0 Å². The number of nitrogens with zero attached hydrogens (tertiary/aromatic N) is 4. The van der Waals surface area contributed by atoms with Crippen LogP contribution in [-0.2, 0) is 110 Å². The van der Waals surface area contributed by atoms with Crippen molar-refractivity contribution in [1.29, 1.82) is 21.0 Å². The third-order valence-electron chi connectivity index (χ3n) is 15.4. The molecule has 10 rings (SSSR count). The molecule has 0 saturated heterocycles. The number of hydrogen-bond acceptors (Lipinski definition) is 15. The average Bonchev–Trinajstić information content (AvgIpc) is 1.83.